The normalized spacial score (nSPS) is 11.7. The van der Waals surface area contributed by atoms with E-state index in [1.54, 1.807) is 0 Å². The maximum absolute atomic E-state index is 5.93. The van der Waals surface area contributed by atoms with Gasteiger partial charge in [-0.2, -0.15) is 5.10 Å². The molecule has 0 aliphatic carbocycles. The van der Waals surface area contributed by atoms with Crippen molar-refractivity contribution < 1.29 is 0 Å². The molecule has 0 aliphatic heterocycles. The smallest absolute Gasteiger partial charge is 0.203 e. The number of aromatic nitrogens is 2. The fraction of sp³-hybridized carbons (Fsp3) is 0.133. The molecule has 3 rings (SSSR count). The molecule has 0 unspecified atom stereocenters. The van der Waals surface area contributed by atoms with E-state index in [1.165, 1.54) is 22.7 Å². The van der Waals surface area contributed by atoms with Crippen LogP contribution >= 0.6 is 50.2 Å². The van der Waals surface area contributed by atoms with Crippen molar-refractivity contribution in [3.05, 3.63) is 49.2 Å². The summed E-state index contributed by atoms with van der Waals surface area (Å²) in [5.74, 6) is 0. The van der Waals surface area contributed by atoms with Crippen LogP contribution in [-0.2, 0) is 0 Å². The highest BCUT2D eigenvalue weighted by Crippen LogP contribution is 2.27. The van der Waals surface area contributed by atoms with Crippen LogP contribution < -0.4 is 5.43 Å². The van der Waals surface area contributed by atoms with Crippen LogP contribution in [0.3, 0.4) is 0 Å². The Morgan fingerprint density at radius 1 is 1.26 bits per heavy atom. The second kappa shape index (κ2) is 7.09. The minimum absolute atomic E-state index is 0.527. The number of hydrogen-bond donors (Lipinski definition) is 1. The van der Waals surface area contributed by atoms with Gasteiger partial charge in [0.05, 0.1) is 22.0 Å². The summed E-state index contributed by atoms with van der Waals surface area (Å²) < 4.78 is 1.58. The first-order chi connectivity index (χ1) is 11.0. The van der Waals surface area contributed by atoms with Gasteiger partial charge in [-0.3, -0.25) is 5.43 Å². The lowest BCUT2D eigenvalue weighted by molar-refractivity contribution is 1.24. The molecule has 2 heterocycles. The topological polar surface area (TPSA) is 50.2 Å². The monoisotopic (exact) mass is 426 g/mol. The van der Waals surface area contributed by atoms with Gasteiger partial charge in [0, 0.05) is 15.4 Å². The molecule has 3 aromatic rings. The molecule has 0 amide bonds. The lowest BCUT2D eigenvalue weighted by Gasteiger charge is -1.99. The van der Waals surface area contributed by atoms with Crippen LogP contribution in [0, 0.1) is 6.92 Å². The van der Waals surface area contributed by atoms with Gasteiger partial charge in [0.25, 0.3) is 0 Å². The second-order valence-electron chi connectivity index (χ2n) is 4.74. The SMILES string of the molecule is C/C(=N\Nc1nc(-c2ccc(Br)cc2)cs1)c1sc(Cl)nc1C. The number of halogens is 2. The first-order valence-corrected chi connectivity index (χ1v) is 9.54. The Kier molecular flexibility index (Phi) is 5.11. The van der Waals surface area contributed by atoms with E-state index in [2.05, 4.69) is 36.4 Å². The predicted molar refractivity (Wildman–Crippen MR) is 103 cm³/mol. The zero-order valence-corrected chi connectivity index (χ0v) is 16.3. The zero-order chi connectivity index (χ0) is 16.4. The molecule has 0 saturated heterocycles. The van der Waals surface area contributed by atoms with Crippen molar-refractivity contribution in [1.82, 2.24) is 9.97 Å². The lowest BCUT2D eigenvalue weighted by Crippen LogP contribution is -1.99. The molecule has 0 spiro atoms. The molecule has 4 nitrogen and oxygen atoms in total. The third-order valence-electron chi connectivity index (χ3n) is 3.06. The summed E-state index contributed by atoms with van der Waals surface area (Å²) in [5.41, 5.74) is 6.73. The van der Waals surface area contributed by atoms with E-state index in [4.69, 9.17) is 11.6 Å². The highest BCUT2D eigenvalue weighted by atomic mass is 79.9. The van der Waals surface area contributed by atoms with Gasteiger partial charge < -0.3 is 0 Å². The average Bonchev–Trinajstić information content (AvgIpc) is 3.12. The van der Waals surface area contributed by atoms with Gasteiger partial charge in [0.1, 0.15) is 0 Å². The summed E-state index contributed by atoms with van der Waals surface area (Å²) in [4.78, 5) is 9.73. The largest absolute Gasteiger partial charge is 0.252 e. The van der Waals surface area contributed by atoms with Crippen molar-refractivity contribution >= 4 is 61.0 Å². The molecule has 0 saturated carbocycles. The molecule has 0 aliphatic rings. The Labute approximate surface area is 155 Å². The standard InChI is InChI=1S/C15H12BrClN4S2/c1-8-13(23-14(17)18-8)9(2)20-21-15-19-12(7-22-15)10-3-5-11(16)6-4-10/h3-7H,1-2H3,(H,19,21)/b20-9+. The van der Waals surface area contributed by atoms with Crippen molar-refractivity contribution in [3.63, 3.8) is 0 Å². The fourth-order valence-electron chi connectivity index (χ4n) is 1.96. The molecule has 8 heteroatoms. The van der Waals surface area contributed by atoms with Crippen molar-refractivity contribution in [1.29, 1.82) is 0 Å². The van der Waals surface area contributed by atoms with Crippen LogP contribution in [0.5, 0.6) is 0 Å². The van der Waals surface area contributed by atoms with Gasteiger partial charge in [-0.15, -0.1) is 22.7 Å². The van der Waals surface area contributed by atoms with Crippen LogP contribution in [0.2, 0.25) is 4.47 Å². The minimum Gasteiger partial charge on any atom is -0.252 e. The molecule has 2 aromatic heterocycles. The first kappa shape index (κ1) is 16.6. The molecule has 23 heavy (non-hydrogen) atoms. The Balaban J connectivity index is 1.75. The van der Waals surface area contributed by atoms with Gasteiger partial charge in [-0.1, -0.05) is 39.7 Å². The van der Waals surface area contributed by atoms with Crippen LogP contribution in [-0.4, -0.2) is 15.7 Å². The summed E-state index contributed by atoms with van der Waals surface area (Å²) >= 11 is 12.3. The van der Waals surface area contributed by atoms with Gasteiger partial charge in [0.15, 0.2) is 4.47 Å². The second-order valence-corrected chi connectivity index (χ2v) is 8.09. The summed E-state index contributed by atoms with van der Waals surface area (Å²) in [6.07, 6.45) is 0. The van der Waals surface area contributed by atoms with Crippen LogP contribution in [0.1, 0.15) is 17.5 Å². The van der Waals surface area contributed by atoms with Gasteiger partial charge >= 0.3 is 0 Å². The molecule has 1 N–H and O–H groups in total. The highest BCUT2D eigenvalue weighted by molar-refractivity contribution is 9.10. The molecular weight excluding hydrogens is 416 g/mol. The lowest BCUT2D eigenvalue weighted by atomic mass is 10.2. The van der Waals surface area contributed by atoms with E-state index in [0.717, 1.165) is 37.1 Å². The Morgan fingerprint density at radius 2 is 2.00 bits per heavy atom. The number of nitrogens with one attached hydrogen (secondary N) is 1. The molecule has 0 atom stereocenters. The van der Waals surface area contributed by atoms with Crippen LogP contribution in [0.4, 0.5) is 5.13 Å². The number of thiazole rings is 2. The number of hydrazone groups is 1. The van der Waals surface area contributed by atoms with Crippen molar-refractivity contribution in [3.8, 4) is 11.3 Å². The van der Waals surface area contributed by atoms with Crippen molar-refractivity contribution in [2.75, 3.05) is 5.43 Å². The van der Waals surface area contributed by atoms with E-state index in [1.807, 2.05) is 43.5 Å². The minimum atomic E-state index is 0.527. The third kappa shape index (κ3) is 3.98. The average molecular weight is 428 g/mol. The molecule has 0 radical (unpaired) electrons. The van der Waals surface area contributed by atoms with E-state index >= 15 is 0 Å². The number of aryl methyl sites for hydroxylation is 1. The van der Waals surface area contributed by atoms with Crippen molar-refractivity contribution in [2.45, 2.75) is 13.8 Å². The number of hydrogen-bond acceptors (Lipinski definition) is 6. The van der Waals surface area contributed by atoms with E-state index in [0.29, 0.717) is 4.47 Å². The Morgan fingerprint density at radius 3 is 2.65 bits per heavy atom. The predicted octanol–water partition coefficient (Wildman–Crippen LogP) is 5.83. The number of benzene rings is 1. The molecule has 1 aromatic carbocycles. The maximum atomic E-state index is 5.93. The fourth-order valence-corrected chi connectivity index (χ4v) is 3.98. The van der Waals surface area contributed by atoms with Gasteiger partial charge in [-0.05, 0) is 26.0 Å². The van der Waals surface area contributed by atoms with E-state index < -0.39 is 0 Å². The quantitative estimate of drug-likeness (QED) is 0.421. The highest BCUT2D eigenvalue weighted by Gasteiger charge is 2.09. The number of anilines is 1. The van der Waals surface area contributed by atoms with Crippen LogP contribution in [0.15, 0.2) is 39.2 Å². The third-order valence-corrected chi connectivity index (χ3v) is 5.71. The Bertz CT molecular complexity index is 855. The summed E-state index contributed by atoms with van der Waals surface area (Å²) in [6.45, 7) is 3.85. The van der Waals surface area contributed by atoms with Gasteiger partial charge in [-0.25, -0.2) is 9.97 Å². The van der Waals surface area contributed by atoms with E-state index in [-0.39, 0.29) is 0 Å². The first-order valence-electron chi connectivity index (χ1n) is 6.68. The summed E-state index contributed by atoms with van der Waals surface area (Å²) in [5, 5.41) is 7.13. The van der Waals surface area contributed by atoms with Crippen molar-refractivity contribution in [2.24, 2.45) is 5.10 Å². The molecular formula is C15H12BrClN4S2. The van der Waals surface area contributed by atoms with Gasteiger partial charge in [0.2, 0.25) is 5.13 Å². The maximum Gasteiger partial charge on any atom is 0.203 e. The summed E-state index contributed by atoms with van der Waals surface area (Å²) in [6, 6.07) is 8.06. The Hall–Kier alpha value is -1.28. The zero-order valence-electron chi connectivity index (χ0n) is 12.3. The number of nitrogens with zero attached hydrogens (tertiary/aromatic N) is 3. The van der Waals surface area contributed by atoms with E-state index in [9.17, 15) is 0 Å². The molecule has 118 valence electrons. The summed E-state index contributed by atoms with van der Waals surface area (Å²) in [7, 11) is 0. The number of rotatable bonds is 4. The molecule has 0 bridgehead atoms. The molecule has 0 fully saturated rings. The van der Waals surface area contributed by atoms with Crippen LogP contribution in [0.25, 0.3) is 11.3 Å².